The lowest BCUT2D eigenvalue weighted by atomic mass is 9.44. The van der Waals surface area contributed by atoms with Gasteiger partial charge in [-0.05, 0) is 82.4 Å². The maximum atomic E-state index is 17.4. The third-order valence-corrected chi connectivity index (χ3v) is 11.2. The molecule has 1 heterocycles. The van der Waals surface area contributed by atoms with Crippen LogP contribution in [-0.2, 0) is 14.4 Å². The Kier molecular flexibility index (Phi) is 7.65. The fourth-order valence-corrected chi connectivity index (χ4v) is 9.26. The topological polar surface area (TPSA) is 87.1 Å². The zero-order valence-electron chi connectivity index (χ0n) is 23.9. The second-order valence-electron chi connectivity index (χ2n) is 13.0. The number of Topliss-reactive ketones (excluding diaryl/α,β-unsaturated/α-hetero) is 1. The molecule has 3 saturated carbocycles. The number of carbonyl (C=O) groups is 2. The molecule has 8 heteroatoms. The van der Waals surface area contributed by atoms with Gasteiger partial charge < -0.3 is 10.2 Å². The van der Waals surface area contributed by atoms with E-state index in [1.165, 1.54) is 23.8 Å². The molecule has 4 fully saturated rings. The zero-order chi connectivity index (χ0) is 29.1. The Hall–Kier alpha value is -2.00. The molecule has 5 aliphatic rings. The third kappa shape index (κ3) is 3.92. The van der Waals surface area contributed by atoms with Crippen LogP contribution < -0.4 is 0 Å². The number of alkyl halides is 2. The van der Waals surface area contributed by atoms with Crippen molar-refractivity contribution in [3.8, 4) is 0 Å². The van der Waals surface area contributed by atoms with Crippen LogP contribution in [0.4, 0.5) is 8.78 Å². The van der Waals surface area contributed by atoms with Gasteiger partial charge in [0.05, 0.1) is 6.10 Å². The second kappa shape index (κ2) is 10.4. The van der Waals surface area contributed by atoms with E-state index >= 15 is 8.78 Å². The normalized spacial score (nSPS) is 44.5. The van der Waals surface area contributed by atoms with Crippen molar-refractivity contribution in [1.29, 1.82) is 0 Å². The van der Waals surface area contributed by atoms with Crippen molar-refractivity contribution in [1.82, 2.24) is 5.06 Å². The van der Waals surface area contributed by atoms with Gasteiger partial charge in [-0.15, -0.1) is 6.58 Å². The maximum Gasteiger partial charge on any atom is 0.192 e. The molecule has 0 radical (unpaired) electrons. The Morgan fingerprint density at radius 1 is 1.27 bits per heavy atom. The molecule has 0 spiro atoms. The van der Waals surface area contributed by atoms with E-state index in [0.29, 0.717) is 19.5 Å². The van der Waals surface area contributed by atoms with Crippen LogP contribution in [0.25, 0.3) is 0 Å². The number of halogens is 2. The molecule has 1 aliphatic heterocycles. The molecule has 4 aliphatic carbocycles. The molecule has 0 amide bonds. The van der Waals surface area contributed by atoms with Gasteiger partial charge in [0, 0.05) is 35.8 Å². The summed E-state index contributed by atoms with van der Waals surface area (Å²) in [5.74, 6) is -2.49. The summed E-state index contributed by atoms with van der Waals surface area (Å²) in [5, 5.41) is 23.5. The van der Waals surface area contributed by atoms with Gasteiger partial charge in [-0.3, -0.25) is 14.4 Å². The molecule has 0 aromatic carbocycles. The largest absolute Gasteiger partial charge is 0.390 e. The number of fused-ring (bicyclic) bond motifs is 7. The summed E-state index contributed by atoms with van der Waals surface area (Å²) in [5.41, 5.74) is -4.69. The van der Waals surface area contributed by atoms with Crippen LogP contribution in [-0.4, -0.2) is 70.1 Å². The summed E-state index contributed by atoms with van der Waals surface area (Å²) in [6, 6.07) is 0. The fraction of sp³-hybridized carbons (Fsp3) is 0.688. The van der Waals surface area contributed by atoms with E-state index in [4.69, 9.17) is 4.84 Å². The molecule has 220 valence electrons. The number of hydroxylamine groups is 2. The monoisotopic (exact) mass is 559 g/mol. The highest BCUT2D eigenvalue weighted by molar-refractivity contribution is 6.01. The Labute approximate surface area is 235 Å². The lowest BCUT2D eigenvalue weighted by Crippen LogP contribution is -2.70. The minimum absolute atomic E-state index is 0.0629. The standard InChI is InChI=1S/C32H43F2NO5/c1-5-7-9-20(6-2)10-8-13-35-18-21-14-23-24-16-26(33)25-15-22(37)11-12-29(25,3)31(24,34)27(38)17-30(23,4)32(21,40-35)28(39)19-36/h5-6,11-12,15,21,23-24,26-27,36,38H,1,7-10,13-14,16-19H2,2-4H3/b20-6+/t21-,23-,24-,26-,27-,29-,30-,31-,32-/m0/s1. The highest BCUT2D eigenvalue weighted by Crippen LogP contribution is 2.72. The molecule has 0 unspecified atom stereocenters. The van der Waals surface area contributed by atoms with E-state index < -0.39 is 58.6 Å². The van der Waals surface area contributed by atoms with Gasteiger partial charge in [-0.2, -0.15) is 5.06 Å². The number of allylic oxidation sites excluding steroid dienone is 7. The van der Waals surface area contributed by atoms with Gasteiger partial charge in [-0.25, -0.2) is 8.78 Å². The van der Waals surface area contributed by atoms with E-state index in [-0.39, 0.29) is 30.1 Å². The second-order valence-corrected chi connectivity index (χ2v) is 13.0. The van der Waals surface area contributed by atoms with E-state index in [9.17, 15) is 19.8 Å². The molecule has 2 N–H and O–H groups in total. The van der Waals surface area contributed by atoms with Gasteiger partial charge in [-0.1, -0.05) is 30.7 Å². The van der Waals surface area contributed by atoms with Crippen molar-refractivity contribution in [3.05, 3.63) is 48.1 Å². The van der Waals surface area contributed by atoms with Crippen molar-refractivity contribution in [2.24, 2.45) is 28.6 Å². The van der Waals surface area contributed by atoms with Crippen molar-refractivity contribution >= 4 is 11.6 Å². The van der Waals surface area contributed by atoms with Crippen LogP contribution in [0.2, 0.25) is 0 Å². The predicted octanol–water partition coefficient (Wildman–Crippen LogP) is 4.77. The lowest BCUT2D eigenvalue weighted by molar-refractivity contribution is -0.267. The van der Waals surface area contributed by atoms with Gasteiger partial charge >= 0.3 is 0 Å². The number of hydrogen-bond donors (Lipinski definition) is 2. The minimum atomic E-state index is -2.21. The maximum absolute atomic E-state index is 17.4. The first-order valence-electron chi connectivity index (χ1n) is 14.7. The molecular weight excluding hydrogens is 516 g/mol. The Morgan fingerprint density at radius 2 is 2.02 bits per heavy atom. The highest BCUT2D eigenvalue weighted by Gasteiger charge is 2.79. The van der Waals surface area contributed by atoms with Crippen LogP contribution in [0.1, 0.15) is 65.7 Å². The fourth-order valence-electron chi connectivity index (χ4n) is 9.26. The number of carbonyl (C=O) groups excluding carboxylic acids is 2. The van der Waals surface area contributed by atoms with Crippen LogP contribution in [0.15, 0.2) is 48.1 Å². The smallest absolute Gasteiger partial charge is 0.192 e. The number of rotatable bonds is 9. The van der Waals surface area contributed by atoms with Gasteiger partial charge in [0.25, 0.3) is 0 Å². The SMILES string of the molecule is C=CCC/C(=C\C)CCCN1C[C@@H]2C[C@H]3[C@@H]4C[C@H](F)C5=CC(=O)C=C[C@]5(C)[C@@]4(F)[C@@H](O)C[C@]3(C)[C@]2(C(=O)CO)O1. The van der Waals surface area contributed by atoms with Gasteiger partial charge in [0.2, 0.25) is 0 Å². The summed E-state index contributed by atoms with van der Waals surface area (Å²) in [7, 11) is 0. The average molecular weight is 560 g/mol. The average Bonchev–Trinajstić information content (AvgIpc) is 3.41. The first-order chi connectivity index (χ1) is 18.9. The summed E-state index contributed by atoms with van der Waals surface area (Å²) in [4.78, 5) is 32.2. The predicted molar refractivity (Wildman–Crippen MR) is 147 cm³/mol. The number of hydrogen-bond acceptors (Lipinski definition) is 6. The van der Waals surface area contributed by atoms with Crippen LogP contribution >= 0.6 is 0 Å². The molecule has 40 heavy (non-hydrogen) atoms. The van der Waals surface area contributed by atoms with Crippen LogP contribution in [0.5, 0.6) is 0 Å². The van der Waals surface area contributed by atoms with Gasteiger partial charge in [0.15, 0.2) is 22.8 Å². The highest BCUT2D eigenvalue weighted by atomic mass is 19.1. The molecular formula is C32H43F2NO5. The Bertz CT molecular complexity index is 1170. The molecule has 5 rings (SSSR count). The molecule has 6 nitrogen and oxygen atoms in total. The summed E-state index contributed by atoms with van der Waals surface area (Å²) in [6.07, 6.45) is 8.63. The summed E-state index contributed by atoms with van der Waals surface area (Å²) < 4.78 is 33.2. The van der Waals surface area contributed by atoms with E-state index in [1.54, 1.807) is 12.0 Å². The van der Waals surface area contributed by atoms with E-state index in [0.717, 1.165) is 25.7 Å². The first-order valence-corrected chi connectivity index (χ1v) is 14.7. The third-order valence-electron chi connectivity index (χ3n) is 11.2. The van der Waals surface area contributed by atoms with Crippen molar-refractivity contribution in [2.75, 3.05) is 19.7 Å². The Balaban J connectivity index is 1.44. The molecule has 9 atom stereocenters. The number of aliphatic hydroxyl groups excluding tert-OH is 2. The summed E-state index contributed by atoms with van der Waals surface area (Å²) in [6.45, 7) is 9.57. The first kappa shape index (κ1) is 29.5. The van der Waals surface area contributed by atoms with Crippen molar-refractivity contribution in [3.63, 3.8) is 0 Å². The molecule has 1 saturated heterocycles. The number of ketones is 2. The van der Waals surface area contributed by atoms with E-state index in [2.05, 4.69) is 12.7 Å². The zero-order valence-corrected chi connectivity index (χ0v) is 23.9. The van der Waals surface area contributed by atoms with Crippen molar-refractivity contribution < 1.29 is 33.4 Å². The van der Waals surface area contributed by atoms with Crippen LogP contribution in [0.3, 0.4) is 0 Å². The number of nitrogens with zero attached hydrogens (tertiary/aromatic N) is 1. The van der Waals surface area contributed by atoms with E-state index in [1.807, 2.05) is 19.9 Å². The van der Waals surface area contributed by atoms with Crippen LogP contribution in [0, 0.1) is 28.6 Å². The lowest BCUT2D eigenvalue weighted by Gasteiger charge is -2.63. The molecule has 0 aromatic heterocycles. The quantitative estimate of drug-likeness (QED) is 0.396. The minimum Gasteiger partial charge on any atom is -0.390 e. The van der Waals surface area contributed by atoms with Crippen molar-refractivity contribution in [2.45, 2.75) is 89.3 Å². The molecule has 0 aromatic rings. The molecule has 0 bridgehead atoms. The Morgan fingerprint density at radius 3 is 2.70 bits per heavy atom. The summed E-state index contributed by atoms with van der Waals surface area (Å²) >= 11 is 0. The number of aliphatic hydroxyl groups is 2. The van der Waals surface area contributed by atoms with Gasteiger partial charge in [0.1, 0.15) is 12.8 Å².